The smallest absolute Gasteiger partial charge is 0.254 e. The van der Waals surface area contributed by atoms with Gasteiger partial charge in [0.1, 0.15) is 0 Å². The Balaban J connectivity index is 1.23. The van der Waals surface area contributed by atoms with E-state index in [1.807, 2.05) is 7.05 Å². The molecule has 4 rings (SSSR count). The summed E-state index contributed by atoms with van der Waals surface area (Å²) in [6.45, 7) is 2.94. The first-order chi connectivity index (χ1) is 15.5. The lowest BCUT2D eigenvalue weighted by atomic mass is 10.1. The van der Waals surface area contributed by atoms with E-state index in [-0.39, 0.29) is 18.4 Å². The van der Waals surface area contributed by atoms with E-state index in [2.05, 4.69) is 34.5 Å². The molecule has 0 aromatic heterocycles. The van der Waals surface area contributed by atoms with Crippen molar-refractivity contribution in [3.63, 3.8) is 0 Å². The number of nitrogens with one attached hydrogen (secondary N) is 1. The van der Waals surface area contributed by atoms with Crippen LogP contribution in [-0.2, 0) is 17.6 Å². The molecule has 1 fully saturated rings. The summed E-state index contributed by atoms with van der Waals surface area (Å²) < 4.78 is 5.28. The van der Waals surface area contributed by atoms with Crippen LogP contribution in [-0.4, -0.2) is 85.3 Å². The Morgan fingerprint density at radius 2 is 1.66 bits per heavy atom. The fourth-order valence-electron chi connectivity index (χ4n) is 4.42. The normalized spacial score (nSPS) is 17.3. The molecule has 0 radical (unpaired) electrons. The van der Waals surface area contributed by atoms with Gasteiger partial charge in [-0.1, -0.05) is 24.3 Å². The fraction of sp³-hybridized carbons (Fsp3) is 0.440. The largest absolute Gasteiger partial charge is 0.390 e. The van der Waals surface area contributed by atoms with Gasteiger partial charge in [-0.2, -0.15) is 0 Å². The molecule has 2 aliphatic rings. The first kappa shape index (κ1) is 22.5. The van der Waals surface area contributed by atoms with Gasteiger partial charge in [0.15, 0.2) is 0 Å². The third kappa shape index (κ3) is 5.35. The summed E-state index contributed by atoms with van der Waals surface area (Å²) in [5.74, 6) is -0.307. The third-order valence-corrected chi connectivity index (χ3v) is 6.34. The molecule has 1 saturated heterocycles. The number of hydrogen-bond acceptors (Lipinski definition) is 5. The number of benzene rings is 2. The molecule has 2 aromatic carbocycles. The van der Waals surface area contributed by atoms with Crippen molar-refractivity contribution in [1.29, 1.82) is 0 Å². The number of aliphatic hydroxyl groups is 1. The number of hydrogen-bond donors (Lipinski definition) is 2. The Morgan fingerprint density at radius 3 is 2.28 bits per heavy atom. The summed E-state index contributed by atoms with van der Waals surface area (Å²) in [6, 6.07) is 15.5. The zero-order chi connectivity index (χ0) is 22.5. The van der Waals surface area contributed by atoms with E-state index in [1.54, 1.807) is 29.2 Å². The molecule has 1 heterocycles. The van der Waals surface area contributed by atoms with Crippen LogP contribution in [0.4, 0.5) is 0 Å². The maximum absolute atomic E-state index is 12.5. The van der Waals surface area contributed by atoms with Crippen LogP contribution in [0.2, 0.25) is 0 Å². The number of carbonyl (C=O) groups is 2. The number of likely N-dealkylation sites (N-methyl/N-ethyl adjacent to an activating group) is 1. The van der Waals surface area contributed by atoms with E-state index in [4.69, 9.17) is 4.74 Å². The summed E-state index contributed by atoms with van der Waals surface area (Å²) in [7, 11) is 2.02. The number of aliphatic hydroxyl groups excluding tert-OH is 1. The van der Waals surface area contributed by atoms with Gasteiger partial charge < -0.3 is 25.0 Å². The Morgan fingerprint density at radius 1 is 1.06 bits per heavy atom. The van der Waals surface area contributed by atoms with Crippen LogP contribution in [0.5, 0.6) is 0 Å². The minimum atomic E-state index is -0.658. The molecule has 7 heteroatoms. The van der Waals surface area contributed by atoms with E-state index >= 15 is 0 Å². The maximum Gasteiger partial charge on any atom is 0.254 e. The molecular weight excluding hydrogens is 406 g/mol. The lowest BCUT2D eigenvalue weighted by Gasteiger charge is -2.27. The van der Waals surface area contributed by atoms with E-state index in [0.29, 0.717) is 50.0 Å². The van der Waals surface area contributed by atoms with Crippen molar-refractivity contribution in [2.24, 2.45) is 0 Å². The zero-order valence-corrected chi connectivity index (χ0v) is 18.5. The van der Waals surface area contributed by atoms with Crippen LogP contribution < -0.4 is 5.32 Å². The number of amides is 2. The molecule has 0 saturated carbocycles. The van der Waals surface area contributed by atoms with Gasteiger partial charge in [-0.15, -0.1) is 0 Å². The average molecular weight is 438 g/mol. The fourth-order valence-corrected chi connectivity index (χ4v) is 4.42. The maximum atomic E-state index is 12.5. The van der Waals surface area contributed by atoms with E-state index in [0.717, 1.165) is 12.8 Å². The highest BCUT2D eigenvalue weighted by atomic mass is 16.5. The monoisotopic (exact) mass is 437 g/mol. The highest BCUT2D eigenvalue weighted by molar-refractivity contribution is 5.97. The van der Waals surface area contributed by atoms with Gasteiger partial charge >= 0.3 is 0 Å². The molecule has 1 atom stereocenters. The summed E-state index contributed by atoms with van der Waals surface area (Å²) in [6.07, 6.45) is 1.32. The first-order valence-electron chi connectivity index (χ1n) is 11.2. The van der Waals surface area contributed by atoms with Gasteiger partial charge in [-0.05, 0) is 55.3 Å². The number of carbonyl (C=O) groups excluding carboxylic acids is 2. The van der Waals surface area contributed by atoms with Gasteiger partial charge in [-0.3, -0.25) is 9.59 Å². The van der Waals surface area contributed by atoms with E-state index in [9.17, 15) is 14.7 Å². The Labute approximate surface area is 189 Å². The second kappa shape index (κ2) is 10.3. The lowest BCUT2D eigenvalue weighted by Crippen LogP contribution is -2.43. The number of fused-ring (bicyclic) bond motifs is 1. The van der Waals surface area contributed by atoms with Crippen molar-refractivity contribution in [3.05, 3.63) is 70.8 Å². The minimum absolute atomic E-state index is 0.0484. The standard InChI is InChI=1S/C25H31N3O4/c1-27(22-14-20-4-2-3-5-21(20)15-22)17-23(29)16-26-24(30)18-6-8-19(9-7-18)25(31)28-10-12-32-13-11-28/h2-9,22-23,29H,10-17H2,1H3,(H,26,30)/t23-/m1/s1. The van der Waals surface area contributed by atoms with Gasteiger partial charge in [0, 0.05) is 43.3 Å². The average Bonchev–Trinajstić information content (AvgIpc) is 3.27. The predicted octanol–water partition coefficient (Wildman–Crippen LogP) is 1.35. The number of rotatable bonds is 7. The Hall–Kier alpha value is -2.74. The molecule has 170 valence electrons. The summed E-state index contributed by atoms with van der Waals surface area (Å²) in [5, 5.41) is 13.2. The highest BCUT2D eigenvalue weighted by Crippen LogP contribution is 2.24. The molecular formula is C25H31N3O4. The molecule has 2 aromatic rings. The summed E-state index contributed by atoms with van der Waals surface area (Å²) in [5.41, 5.74) is 3.78. The van der Waals surface area contributed by atoms with Crippen molar-refractivity contribution in [3.8, 4) is 0 Å². The molecule has 0 spiro atoms. The highest BCUT2D eigenvalue weighted by Gasteiger charge is 2.25. The van der Waals surface area contributed by atoms with Gasteiger partial charge in [-0.25, -0.2) is 0 Å². The predicted molar refractivity (Wildman–Crippen MR) is 122 cm³/mol. The lowest BCUT2D eigenvalue weighted by molar-refractivity contribution is 0.0303. The number of morpholine rings is 1. The Kier molecular flexibility index (Phi) is 7.19. The minimum Gasteiger partial charge on any atom is -0.390 e. The first-order valence-corrected chi connectivity index (χ1v) is 11.2. The van der Waals surface area contributed by atoms with Crippen LogP contribution >= 0.6 is 0 Å². The summed E-state index contributed by atoms with van der Waals surface area (Å²) >= 11 is 0. The van der Waals surface area contributed by atoms with E-state index in [1.165, 1.54) is 11.1 Å². The van der Waals surface area contributed by atoms with Crippen LogP contribution in [0.15, 0.2) is 48.5 Å². The molecule has 32 heavy (non-hydrogen) atoms. The number of ether oxygens (including phenoxy) is 1. The zero-order valence-electron chi connectivity index (χ0n) is 18.5. The van der Waals surface area contributed by atoms with Crippen molar-refractivity contribution in [2.45, 2.75) is 25.0 Å². The number of nitrogens with zero attached hydrogens (tertiary/aromatic N) is 2. The second-order valence-corrected chi connectivity index (χ2v) is 8.62. The van der Waals surface area contributed by atoms with Gasteiger partial charge in [0.25, 0.3) is 11.8 Å². The van der Waals surface area contributed by atoms with Crippen molar-refractivity contribution < 1.29 is 19.4 Å². The third-order valence-electron chi connectivity index (χ3n) is 6.34. The second-order valence-electron chi connectivity index (χ2n) is 8.62. The molecule has 7 nitrogen and oxygen atoms in total. The van der Waals surface area contributed by atoms with Crippen LogP contribution in [0, 0.1) is 0 Å². The topological polar surface area (TPSA) is 82.1 Å². The molecule has 1 aliphatic carbocycles. The van der Waals surface area contributed by atoms with Crippen LogP contribution in [0.3, 0.4) is 0 Å². The van der Waals surface area contributed by atoms with Crippen LogP contribution in [0.25, 0.3) is 0 Å². The van der Waals surface area contributed by atoms with Crippen molar-refractivity contribution in [2.75, 3.05) is 46.4 Å². The molecule has 1 aliphatic heterocycles. The van der Waals surface area contributed by atoms with Gasteiger partial charge in [0.2, 0.25) is 0 Å². The summed E-state index contributed by atoms with van der Waals surface area (Å²) in [4.78, 5) is 28.9. The molecule has 0 bridgehead atoms. The molecule has 0 unspecified atom stereocenters. The SMILES string of the molecule is CN(C[C@H](O)CNC(=O)c1ccc(C(=O)N2CCOCC2)cc1)C1Cc2ccccc2C1. The Bertz CT molecular complexity index is 915. The quantitative estimate of drug-likeness (QED) is 0.683. The van der Waals surface area contributed by atoms with Crippen LogP contribution in [0.1, 0.15) is 31.8 Å². The van der Waals surface area contributed by atoms with Crippen molar-refractivity contribution in [1.82, 2.24) is 15.1 Å². The van der Waals surface area contributed by atoms with Gasteiger partial charge in [0.05, 0.1) is 19.3 Å². The van der Waals surface area contributed by atoms with E-state index < -0.39 is 6.10 Å². The van der Waals surface area contributed by atoms with Crippen molar-refractivity contribution >= 4 is 11.8 Å². The molecule has 2 N–H and O–H groups in total. The molecule has 2 amide bonds.